The summed E-state index contributed by atoms with van der Waals surface area (Å²) in [6.07, 6.45) is 1.88. The normalized spacial score (nSPS) is 21.3. The maximum Gasteiger partial charge on any atom is 0.264 e. The number of methoxy groups -OCH3 is 1. The summed E-state index contributed by atoms with van der Waals surface area (Å²) in [6, 6.07) is 29.4. The van der Waals surface area contributed by atoms with E-state index in [2.05, 4.69) is 15.6 Å². The van der Waals surface area contributed by atoms with Crippen molar-refractivity contribution in [1.29, 1.82) is 0 Å². The van der Waals surface area contributed by atoms with E-state index < -0.39 is 20.0 Å². The molecule has 2 aliphatic rings. The number of carbonyl (C=O) groups excluding carboxylic acids is 2. The number of ether oxygens (including phenoxy) is 2. The van der Waals surface area contributed by atoms with Crippen LogP contribution in [0.1, 0.15) is 52.0 Å². The van der Waals surface area contributed by atoms with Gasteiger partial charge in [0.05, 0.1) is 43.7 Å². The molecule has 0 aliphatic carbocycles. The fraction of sp³-hybridized carbons (Fsp3) is 0.317. The molecule has 2 amide bonds. The van der Waals surface area contributed by atoms with Crippen LogP contribution in [0.3, 0.4) is 0 Å². The summed E-state index contributed by atoms with van der Waals surface area (Å²) in [5.41, 5.74) is 9.75. The molecular formula is C41H46N6O6Si. The minimum atomic E-state index is -2.91. The van der Waals surface area contributed by atoms with Gasteiger partial charge in [0.1, 0.15) is 5.75 Å². The quantitative estimate of drug-likeness (QED) is 0.0929. The lowest BCUT2D eigenvalue weighted by atomic mass is 9.82. The van der Waals surface area contributed by atoms with Gasteiger partial charge in [-0.05, 0) is 85.2 Å². The van der Waals surface area contributed by atoms with Crippen LogP contribution in [0.25, 0.3) is 0 Å². The first-order valence-corrected chi connectivity index (χ1v) is 21.2. The molecule has 1 spiro atoms. The number of amides is 2. The number of aromatic nitrogens is 3. The predicted octanol–water partition coefficient (Wildman–Crippen LogP) is 5.68. The number of nitrogens with zero attached hydrogens (tertiary/aromatic N) is 4. The molecule has 0 saturated carbocycles. The van der Waals surface area contributed by atoms with Gasteiger partial charge < -0.3 is 35.3 Å². The molecule has 5 aromatic rings. The van der Waals surface area contributed by atoms with E-state index in [-0.39, 0.29) is 42.3 Å². The number of fused-ring (bicyclic) bond motifs is 2. The molecule has 3 heterocycles. The van der Waals surface area contributed by atoms with Crippen molar-refractivity contribution < 1.29 is 29.0 Å². The molecule has 1 aromatic heterocycles. The van der Waals surface area contributed by atoms with Crippen LogP contribution in [-0.2, 0) is 28.2 Å². The molecule has 1 saturated heterocycles. The number of anilines is 3. The van der Waals surface area contributed by atoms with Gasteiger partial charge in [-0.3, -0.25) is 14.3 Å². The average molecular weight is 747 g/mol. The van der Waals surface area contributed by atoms with Crippen molar-refractivity contribution in [3.63, 3.8) is 0 Å². The van der Waals surface area contributed by atoms with Gasteiger partial charge in [-0.25, -0.2) is 0 Å². The molecule has 280 valence electrons. The molecule has 2 aliphatic heterocycles. The first-order chi connectivity index (χ1) is 25.9. The number of hydrogen-bond acceptors (Lipinski definition) is 9. The molecule has 1 unspecified atom stereocenters. The van der Waals surface area contributed by atoms with Gasteiger partial charge in [0.15, 0.2) is 13.9 Å². The molecule has 13 heteroatoms. The number of aryl methyl sites for hydroxylation is 1. The van der Waals surface area contributed by atoms with Crippen LogP contribution in [-0.4, -0.2) is 64.8 Å². The minimum Gasteiger partial charge on any atom is -0.497 e. The molecular weight excluding hydrogens is 701 g/mol. The lowest BCUT2D eigenvalue weighted by Gasteiger charge is -2.32. The molecule has 54 heavy (non-hydrogen) atoms. The molecule has 1 fully saturated rings. The largest absolute Gasteiger partial charge is 0.497 e. The highest BCUT2D eigenvalue weighted by molar-refractivity contribution is 6.71. The lowest BCUT2D eigenvalue weighted by Crippen LogP contribution is -2.46. The Bertz CT molecular complexity index is 2120. The average Bonchev–Trinajstić information content (AvgIpc) is 3.82. The number of nitrogens with one attached hydrogen (secondary N) is 1. The van der Waals surface area contributed by atoms with Gasteiger partial charge in [-0.15, -0.1) is 5.10 Å². The second-order valence-electron chi connectivity index (χ2n) is 14.7. The highest BCUT2D eigenvalue weighted by Crippen LogP contribution is 2.60. The van der Waals surface area contributed by atoms with Crippen LogP contribution in [0, 0.1) is 5.92 Å². The van der Waals surface area contributed by atoms with Crippen molar-refractivity contribution in [1.82, 2.24) is 15.0 Å². The van der Waals surface area contributed by atoms with Crippen molar-refractivity contribution >= 4 is 37.2 Å². The second-order valence-corrected chi connectivity index (χ2v) is 18.7. The predicted molar refractivity (Wildman–Crippen MR) is 209 cm³/mol. The van der Waals surface area contributed by atoms with E-state index in [0.717, 1.165) is 16.8 Å². The summed E-state index contributed by atoms with van der Waals surface area (Å²) in [5, 5.41) is 21.8. The molecule has 12 nitrogen and oxygen atoms in total. The van der Waals surface area contributed by atoms with Gasteiger partial charge in [0, 0.05) is 46.7 Å². The van der Waals surface area contributed by atoms with Gasteiger partial charge >= 0.3 is 0 Å². The Morgan fingerprint density at radius 1 is 1.06 bits per heavy atom. The number of nitrogens with two attached hydrogens (primary N) is 1. The maximum atomic E-state index is 14.9. The third-order valence-corrected chi connectivity index (χ3v) is 13.4. The number of aliphatic hydroxyl groups excluding tert-OH is 1. The molecule has 5 N–H and O–H groups in total. The van der Waals surface area contributed by atoms with Crippen LogP contribution in [0.4, 0.5) is 17.1 Å². The van der Waals surface area contributed by atoms with Crippen LogP contribution >= 0.6 is 0 Å². The van der Waals surface area contributed by atoms with E-state index in [0.29, 0.717) is 46.9 Å². The zero-order valence-electron chi connectivity index (χ0n) is 30.8. The highest BCUT2D eigenvalue weighted by Gasteiger charge is 2.66. The van der Waals surface area contributed by atoms with Crippen molar-refractivity contribution in [3.05, 3.63) is 131 Å². The minimum absolute atomic E-state index is 0.104. The van der Waals surface area contributed by atoms with E-state index in [1.165, 1.54) is 0 Å². The van der Waals surface area contributed by atoms with E-state index in [1.54, 1.807) is 41.0 Å². The Morgan fingerprint density at radius 3 is 2.44 bits per heavy atom. The number of benzene rings is 4. The Morgan fingerprint density at radius 2 is 1.78 bits per heavy atom. The Hall–Kier alpha value is -5.34. The second kappa shape index (κ2) is 14.8. The zero-order valence-corrected chi connectivity index (χ0v) is 31.8. The van der Waals surface area contributed by atoms with Crippen LogP contribution in [0.15, 0.2) is 103 Å². The van der Waals surface area contributed by atoms with Crippen molar-refractivity contribution in [3.8, 4) is 5.75 Å². The van der Waals surface area contributed by atoms with Crippen LogP contribution in [0.2, 0.25) is 18.6 Å². The molecule has 7 rings (SSSR count). The van der Waals surface area contributed by atoms with E-state index in [9.17, 15) is 19.5 Å². The van der Waals surface area contributed by atoms with E-state index in [4.69, 9.17) is 15.2 Å². The third-order valence-electron chi connectivity index (χ3n) is 10.9. The SMILES string of the molecule is COc1ccc2c(c1)[C@]1(O[C@@H](CCn3cc(C(CO)c4ccccc4)nn3)[C@H]([Si](C)(C)O)[C@H]1C)C(=O)N2Cc1ccc(NC(=O)c2ccc(N)cc2)cc1. The summed E-state index contributed by atoms with van der Waals surface area (Å²) in [6.45, 7) is 6.43. The summed E-state index contributed by atoms with van der Waals surface area (Å²) >= 11 is 0. The third kappa shape index (κ3) is 6.91. The Balaban J connectivity index is 1.13. The monoisotopic (exact) mass is 746 g/mol. The van der Waals surface area contributed by atoms with Crippen LogP contribution in [0.5, 0.6) is 5.75 Å². The lowest BCUT2D eigenvalue weighted by molar-refractivity contribution is -0.146. The number of nitrogen functional groups attached to an aromatic ring is 1. The summed E-state index contributed by atoms with van der Waals surface area (Å²) in [7, 11) is -1.31. The van der Waals surface area contributed by atoms with Crippen molar-refractivity contribution in [2.24, 2.45) is 5.92 Å². The van der Waals surface area contributed by atoms with Gasteiger partial charge in [-0.1, -0.05) is 54.6 Å². The Kier molecular flexibility index (Phi) is 10.2. The smallest absolute Gasteiger partial charge is 0.264 e. The van der Waals surface area contributed by atoms with Crippen LogP contribution < -0.4 is 20.7 Å². The van der Waals surface area contributed by atoms with E-state index in [1.807, 2.05) is 99.0 Å². The molecule has 0 bridgehead atoms. The first kappa shape index (κ1) is 37.0. The van der Waals surface area contributed by atoms with Gasteiger partial charge in [0.25, 0.3) is 11.8 Å². The maximum absolute atomic E-state index is 14.9. The fourth-order valence-corrected chi connectivity index (χ4v) is 10.8. The standard InChI is InChI=1S/C41H46N6O6Si/c1-26-38(54(3,4)51)37(20-21-46-24-35(44-45-46)33(25-48)28-8-6-5-7-9-28)53-41(26)34-22-32(52-2)18-19-36(34)47(40(41)50)23-27-10-16-31(17-11-27)43-39(49)29-12-14-30(42)15-13-29/h5-19,22,24,26,33,37-38,48,51H,20-21,23,25,42H2,1-4H3,(H,43,49)/t26-,33?,37+,38-,41+/m1/s1. The number of hydrogen-bond donors (Lipinski definition) is 4. The first-order valence-electron chi connectivity index (χ1n) is 18.1. The Labute approximate surface area is 315 Å². The summed E-state index contributed by atoms with van der Waals surface area (Å²) in [4.78, 5) is 41.2. The van der Waals surface area contributed by atoms with Gasteiger partial charge in [-0.2, -0.15) is 0 Å². The number of aliphatic hydroxyl groups is 1. The van der Waals surface area contributed by atoms with Crippen molar-refractivity contribution in [2.45, 2.75) is 62.7 Å². The van der Waals surface area contributed by atoms with Gasteiger partial charge in [0.2, 0.25) is 0 Å². The molecule has 0 radical (unpaired) electrons. The van der Waals surface area contributed by atoms with E-state index >= 15 is 0 Å². The molecule has 5 atom stereocenters. The topological polar surface area (TPSA) is 165 Å². The molecule has 4 aromatic carbocycles. The number of rotatable bonds is 12. The zero-order chi connectivity index (χ0) is 38.2. The number of carbonyl (C=O) groups is 2. The summed E-state index contributed by atoms with van der Waals surface area (Å²) in [5.74, 6) is -0.499. The fourth-order valence-electron chi connectivity index (χ4n) is 8.22. The summed E-state index contributed by atoms with van der Waals surface area (Å²) < 4.78 is 14.4. The highest BCUT2D eigenvalue weighted by atomic mass is 28.4. The van der Waals surface area contributed by atoms with Crippen molar-refractivity contribution in [2.75, 3.05) is 29.7 Å².